The second-order valence-electron chi connectivity index (χ2n) is 6.15. The van der Waals surface area contributed by atoms with Gasteiger partial charge >= 0.3 is 0 Å². The molecular formula is C16H26N2O2S. The fourth-order valence-electron chi connectivity index (χ4n) is 2.35. The van der Waals surface area contributed by atoms with Gasteiger partial charge in [-0.15, -0.1) is 0 Å². The van der Waals surface area contributed by atoms with Crippen molar-refractivity contribution in [2.45, 2.75) is 57.0 Å². The van der Waals surface area contributed by atoms with Crippen LogP contribution in [0.2, 0.25) is 0 Å². The van der Waals surface area contributed by atoms with Crippen molar-refractivity contribution in [1.82, 2.24) is 10.0 Å². The minimum Gasteiger partial charge on any atom is -0.314 e. The van der Waals surface area contributed by atoms with Gasteiger partial charge in [0.25, 0.3) is 0 Å². The van der Waals surface area contributed by atoms with Crippen molar-refractivity contribution in [3.8, 4) is 0 Å². The van der Waals surface area contributed by atoms with Crippen molar-refractivity contribution in [2.24, 2.45) is 5.92 Å². The minimum absolute atomic E-state index is 0.147. The van der Waals surface area contributed by atoms with E-state index in [9.17, 15) is 8.42 Å². The van der Waals surface area contributed by atoms with Gasteiger partial charge in [0.1, 0.15) is 0 Å². The Morgan fingerprint density at radius 1 is 1.19 bits per heavy atom. The van der Waals surface area contributed by atoms with Crippen LogP contribution in [0.1, 0.15) is 39.2 Å². The first-order valence-electron chi connectivity index (χ1n) is 7.77. The van der Waals surface area contributed by atoms with E-state index in [2.05, 4.69) is 30.8 Å². The van der Waals surface area contributed by atoms with Crippen LogP contribution in [0.5, 0.6) is 0 Å². The average molecular weight is 310 g/mol. The molecule has 1 fully saturated rings. The van der Waals surface area contributed by atoms with Gasteiger partial charge < -0.3 is 5.32 Å². The van der Waals surface area contributed by atoms with E-state index < -0.39 is 10.0 Å². The number of rotatable bonds is 8. The molecule has 1 unspecified atom stereocenters. The highest BCUT2D eigenvalue weighted by molar-refractivity contribution is 7.89. The van der Waals surface area contributed by atoms with Crippen LogP contribution in [-0.4, -0.2) is 27.0 Å². The van der Waals surface area contributed by atoms with E-state index in [0.717, 1.165) is 25.8 Å². The van der Waals surface area contributed by atoms with Crippen molar-refractivity contribution in [3.05, 3.63) is 29.8 Å². The molecule has 2 rings (SSSR count). The summed E-state index contributed by atoms with van der Waals surface area (Å²) in [4.78, 5) is 0.364. The number of hydrogen-bond donors (Lipinski definition) is 2. The van der Waals surface area contributed by atoms with E-state index in [0.29, 0.717) is 16.9 Å². The molecule has 118 valence electrons. The minimum atomic E-state index is -3.33. The van der Waals surface area contributed by atoms with Gasteiger partial charge in [-0.2, -0.15) is 0 Å². The molecule has 5 heteroatoms. The first-order chi connectivity index (χ1) is 9.92. The Balaban J connectivity index is 2.04. The Labute approximate surface area is 128 Å². The lowest BCUT2D eigenvalue weighted by Gasteiger charge is -2.22. The van der Waals surface area contributed by atoms with E-state index >= 15 is 0 Å². The van der Waals surface area contributed by atoms with Crippen molar-refractivity contribution in [3.63, 3.8) is 0 Å². The van der Waals surface area contributed by atoms with E-state index in [1.807, 2.05) is 12.1 Å². The van der Waals surface area contributed by atoms with Crippen LogP contribution in [0.15, 0.2) is 29.2 Å². The number of likely N-dealkylation sites (N-methyl/N-ethyl adjacent to an activating group) is 1. The van der Waals surface area contributed by atoms with E-state index in [4.69, 9.17) is 0 Å². The van der Waals surface area contributed by atoms with Crippen molar-refractivity contribution in [1.29, 1.82) is 0 Å². The first-order valence-corrected chi connectivity index (χ1v) is 9.25. The lowest BCUT2D eigenvalue weighted by Crippen LogP contribution is -2.35. The van der Waals surface area contributed by atoms with Crippen molar-refractivity contribution < 1.29 is 8.42 Å². The summed E-state index contributed by atoms with van der Waals surface area (Å²) in [5.74, 6) is 0.546. The zero-order valence-corrected chi connectivity index (χ0v) is 13.9. The fraction of sp³-hybridized carbons (Fsp3) is 0.625. The Morgan fingerprint density at radius 2 is 1.81 bits per heavy atom. The second-order valence-corrected chi connectivity index (χ2v) is 7.87. The van der Waals surface area contributed by atoms with Gasteiger partial charge in [-0.05, 0) is 49.4 Å². The molecule has 0 amide bonds. The van der Waals surface area contributed by atoms with Gasteiger partial charge in [0.15, 0.2) is 0 Å². The average Bonchev–Trinajstić information content (AvgIpc) is 3.22. The van der Waals surface area contributed by atoms with Crippen LogP contribution < -0.4 is 10.0 Å². The highest BCUT2D eigenvalue weighted by atomic mass is 32.2. The molecule has 0 heterocycles. The highest BCUT2D eigenvalue weighted by Crippen LogP contribution is 2.22. The SMILES string of the molecule is CCNC(Cc1ccc(S(=O)(=O)NC2CC2)cc1)C(C)C. The maximum absolute atomic E-state index is 12.1. The third-order valence-corrected chi connectivity index (χ3v) is 5.40. The normalized spacial score (nSPS) is 17.1. The molecule has 21 heavy (non-hydrogen) atoms. The largest absolute Gasteiger partial charge is 0.314 e. The standard InChI is InChI=1S/C16H26N2O2S/c1-4-17-16(12(2)3)11-13-5-9-15(10-6-13)21(19,20)18-14-7-8-14/h5-6,9-10,12,14,16-18H,4,7-8,11H2,1-3H3. The van der Waals surface area contributed by atoms with Crippen LogP contribution in [0, 0.1) is 5.92 Å². The monoisotopic (exact) mass is 310 g/mol. The molecule has 1 aromatic rings. The quantitative estimate of drug-likeness (QED) is 0.774. The Bertz CT molecular complexity index is 548. The van der Waals surface area contributed by atoms with Crippen LogP contribution in [-0.2, 0) is 16.4 Å². The first kappa shape index (κ1) is 16.5. The molecule has 1 atom stereocenters. The van der Waals surface area contributed by atoms with Gasteiger partial charge in [0.05, 0.1) is 4.90 Å². The number of benzene rings is 1. The van der Waals surface area contributed by atoms with Gasteiger partial charge in [0.2, 0.25) is 10.0 Å². The van der Waals surface area contributed by atoms with Crippen LogP contribution in [0.4, 0.5) is 0 Å². The van der Waals surface area contributed by atoms with Crippen molar-refractivity contribution >= 4 is 10.0 Å². The fourth-order valence-corrected chi connectivity index (χ4v) is 3.66. The van der Waals surface area contributed by atoms with Gasteiger partial charge in [0, 0.05) is 12.1 Å². The summed E-state index contributed by atoms with van der Waals surface area (Å²) in [6, 6.07) is 7.84. The smallest absolute Gasteiger partial charge is 0.240 e. The summed E-state index contributed by atoms with van der Waals surface area (Å²) in [6.45, 7) is 7.45. The van der Waals surface area contributed by atoms with Crippen molar-refractivity contribution in [2.75, 3.05) is 6.54 Å². The van der Waals surface area contributed by atoms with E-state index in [-0.39, 0.29) is 6.04 Å². The van der Waals surface area contributed by atoms with Crippen LogP contribution in [0.3, 0.4) is 0 Å². The zero-order chi connectivity index (χ0) is 15.5. The summed E-state index contributed by atoms with van der Waals surface area (Å²) in [7, 11) is -3.33. The van der Waals surface area contributed by atoms with Gasteiger partial charge in [-0.3, -0.25) is 0 Å². The molecule has 1 aliphatic carbocycles. The topological polar surface area (TPSA) is 58.2 Å². The number of hydrogen-bond acceptors (Lipinski definition) is 3. The molecule has 1 aromatic carbocycles. The summed E-state index contributed by atoms with van der Waals surface area (Å²) in [6.07, 6.45) is 2.83. The maximum atomic E-state index is 12.1. The summed E-state index contributed by atoms with van der Waals surface area (Å²) in [5.41, 5.74) is 1.17. The lowest BCUT2D eigenvalue weighted by molar-refractivity contribution is 0.405. The Kier molecular flexibility index (Phi) is 5.41. The van der Waals surface area contributed by atoms with Gasteiger partial charge in [-0.1, -0.05) is 32.9 Å². The molecular weight excluding hydrogens is 284 g/mol. The predicted octanol–water partition coefficient (Wildman–Crippen LogP) is 2.30. The number of nitrogens with one attached hydrogen (secondary N) is 2. The predicted molar refractivity (Wildman–Crippen MR) is 85.8 cm³/mol. The molecule has 0 aliphatic heterocycles. The molecule has 0 spiro atoms. The molecule has 1 aliphatic rings. The molecule has 2 N–H and O–H groups in total. The zero-order valence-electron chi connectivity index (χ0n) is 13.1. The highest BCUT2D eigenvalue weighted by Gasteiger charge is 2.27. The van der Waals surface area contributed by atoms with Crippen LogP contribution in [0.25, 0.3) is 0 Å². The van der Waals surface area contributed by atoms with E-state index in [1.165, 1.54) is 5.56 Å². The molecule has 4 nitrogen and oxygen atoms in total. The third kappa shape index (κ3) is 4.80. The molecule has 0 bridgehead atoms. The van der Waals surface area contributed by atoms with Gasteiger partial charge in [-0.25, -0.2) is 13.1 Å². The summed E-state index contributed by atoms with van der Waals surface area (Å²) in [5, 5.41) is 3.48. The molecule has 1 saturated carbocycles. The maximum Gasteiger partial charge on any atom is 0.240 e. The Morgan fingerprint density at radius 3 is 2.29 bits per heavy atom. The number of sulfonamides is 1. The lowest BCUT2D eigenvalue weighted by atomic mass is 9.96. The van der Waals surface area contributed by atoms with Crippen LogP contribution >= 0.6 is 0 Å². The molecule has 0 saturated heterocycles. The molecule has 0 aromatic heterocycles. The second kappa shape index (κ2) is 6.90. The summed E-state index contributed by atoms with van der Waals surface area (Å²) >= 11 is 0. The summed E-state index contributed by atoms with van der Waals surface area (Å²) < 4.78 is 26.9. The molecule has 0 radical (unpaired) electrons. The Hall–Kier alpha value is -0.910. The third-order valence-electron chi connectivity index (χ3n) is 3.86. The van der Waals surface area contributed by atoms with E-state index in [1.54, 1.807) is 12.1 Å².